The fraction of sp³-hybridized carbons (Fsp3) is 0.588. The molecule has 1 saturated heterocycles. The number of carbonyl (C=O) groups is 1. The van der Waals surface area contributed by atoms with E-state index in [1.807, 2.05) is 36.2 Å². The number of rotatable bonds is 3. The van der Waals surface area contributed by atoms with Crippen LogP contribution in [0.15, 0.2) is 28.7 Å². The number of likely N-dealkylation sites (N-methyl/N-ethyl adjacent to an activating group) is 1. The third kappa shape index (κ3) is 3.22. The van der Waals surface area contributed by atoms with E-state index in [4.69, 9.17) is 12.6 Å². The zero-order valence-corrected chi connectivity index (χ0v) is 15.4. The highest BCUT2D eigenvalue weighted by Crippen LogP contribution is 2.33. The van der Waals surface area contributed by atoms with Crippen molar-refractivity contribution in [2.45, 2.75) is 43.0 Å². The third-order valence-corrected chi connectivity index (χ3v) is 6.10. The van der Waals surface area contributed by atoms with Gasteiger partial charge in [0.15, 0.2) is 0 Å². The molecule has 0 spiro atoms. The second-order valence-electron chi connectivity index (χ2n) is 6.37. The summed E-state index contributed by atoms with van der Waals surface area (Å²) in [7, 11) is 1.95. The molecule has 1 aromatic rings. The molecule has 2 fully saturated rings. The first-order chi connectivity index (χ1) is 10.6. The number of benzene rings is 1. The van der Waals surface area contributed by atoms with E-state index < -0.39 is 0 Å². The predicted octanol–water partition coefficient (Wildman–Crippen LogP) is 3.45. The molecule has 3 rings (SSSR count). The van der Waals surface area contributed by atoms with Gasteiger partial charge >= 0.3 is 0 Å². The van der Waals surface area contributed by atoms with Crippen molar-refractivity contribution in [3.8, 4) is 0 Å². The molecular formula is C17H23BrN2OS. The summed E-state index contributed by atoms with van der Waals surface area (Å²) in [5.74, 6) is 0.116. The van der Waals surface area contributed by atoms with Gasteiger partial charge in [0, 0.05) is 34.4 Å². The van der Waals surface area contributed by atoms with Crippen molar-refractivity contribution < 1.29 is 4.79 Å². The normalized spacial score (nSPS) is 29.0. The van der Waals surface area contributed by atoms with E-state index in [0.717, 1.165) is 42.4 Å². The lowest BCUT2D eigenvalue weighted by molar-refractivity contribution is 0.0256. The van der Waals surface area contributed by atoms with Crippen molar-refractivity contribution in [1.82, 2.24) is 9.80 Å². The first-order valence-electron chi connectivity index (χ1n) is 8.03. The van der Waals surface area contributed by atoms with E-state index in [2.05, 4.69) is 20.8 Å². The molecule has 120 valence electrons. The van der Waals surface area contributed by atoms with Crippen LogP contribution in [0.2, 0.25) is 0 Å². The van der Waals surface area contributed by atoms with Crippen molar-refractivity contribution in [1.29, 1.82) is 0 Å². The molecule has 0 aromatic heterocycles. The molecule has 1 saturated carbocycles. The third-order valence-electron chi connectivity index (χ3n) is 5.01. The fourth-order valence-corrected chi connectivity index (χ4v) is 4.46. The largest absolute Gasteiger partial charge is 0.337 e. The number of likely N-dealkylation sites (tertiary alicyclic amines) is 1. The lowest BCUT2D eigenvalue weighted by atomic mass is 9.86. The minimum Gasteiger partial charge on any atom is -0.337 e. The highest BCUT2D eigenvalue weighted by atomic mass is 79.9. The number of halogens is 1. The second kappa shape index (κ2) is 6.93. The quantitative estimate of drug-likeness (QED) is 0.809. The molecule has 0 radical (unpaired) electrons. The Labute approximate surface area is 146 Å². The molecule has 1 heterocycles. The summed E-state index contributed by atoms with van der Waals surface area (Å²) < 4.78 is 0.998. The summed E-state index contributed by atoms with van der Waals surface area (Å²) in [6.45, 7) is 2.30. The van der Waals surface area contributed by atoms with Gasteiger partial charge in [-0.15, -0.1) is 0 Å². The maximum atomic E-state index is 12.8. The van der Waals surface area contributed by atoms with Crippen molar-refractivity contribution in [2.24, 2.45) is 0 Å². The Morgan fingerprint density at radius 3 is 2.50 bits per heavy atom. The molecule has 0 N–H and O–H groups in total. The Bertz CT molecular complexity index is 530. The monoisotopic (exact) mass is 382 g/mol. The molecule has 1 aromatic carbocycles. The van der Waals surface area contributed by atoms with Crippen LogP contribution in [-0.4, -0.2) is 53.2 Å². The van der Waals surface area contributed by atoms with Crippen molar-refractivity contribution in [3.63, 3.8) is 0 Å². The van der Waals surface area contributed by atoms with Gasteiger partial charge < -0.3 is 4.90 Å². The van der Waals surface area contributed by atoms with Crippen LogP contribution < -0.4 is 0 Å². The molecular weight excluding hydrogens is 360 g/mol. The Balaban J connectivity index is 1.77. The van der Waals surface area contributed by atoms with Crippen LogP contribution in [0.4, 0.5) is 0 Å². The molecule has 3 nitrogen and oxygen atoms in total. The lowest BCUT2D eigenvalue weighted by Gasteiger charge is -2.49. The zero-order chi connectivity index (χ0) is 15.7. The van der Waals surface area contributed by atoms with Crippen molar-refractivity contribution in [3.05, 3.63) is 34.3 Å². The summed E-state index contributed by atoms with van der Waals surface area (Å²) in [5.41, 5.74) is 0.759. The summed E-state index contributed by atoms with van der Waals surface area (Å²) in [6.07, 6.45) is 4.66. The van der Waals surface area contributed by atoms with Crippen LogP contribution in [-0.2, 0) is 0 Å². The van der Waals surface area contributed by atoms with Gasteiger partial charge in [0.05, 0.1) is 0 Å². The first kappa shape index (κ1) is 16.3. The second-order valence-corrected chi connectivity index (χ2v) is 7.95. The van der Waals surface area contributed by atoms with E-state index in [1.54, 1.807) is 0 Å². The van der Waals surface area contributed by atoms with Crippen LogP contribution >= 0.6 is 28.6 Å². The zero-order valence-electron chi connectivity index (χ0n) is 12.9. The molecule has 3 atom stereocenters. The van der Waals surface area contributed by atoms with Gasteiger partial charge in [-0.3, -0.25) is 9.69 Å². The summed E-state index contributed by atoms with van der Waals surface area (Å²) >= 11 is 8.24. The van der Waals surface area contributed by atoms with Gasteiger partial charge in [-0.25, -0.2) is 0 Å². The topological polar surface area (TPSA) is 23.6 Å². The van der Waals surface area contributed by atoms with Crippen LogP contribution in [0.5, 0.6) is 0 Å². The van der Waals surface area contributed by atoms with Gasteiger partial charge in [-0.1, -0.05) is 22.4 Å². The van der Waals surface area contributed by atoms with Gasteiger partial charge in [0.25, 0.3) is 5.91 Å². The predicted molar refractivity (Wildman–Crippen MR) is 96.6 cm³/mol. The highest BCUT2D eigenvalue weighted by Gasteiger charge is 2.40. The molecule has 1 aliphatic heterocycles. The lowest BCUT2D eigenvalue weighted by Crippen LogP contribution is -2.61. The number of hydrogen-bond acceptors (Lipinski definition) is 3. The van der Waals surface area contributed by atoms with Crippen LogP contribution in [0.3, 0.4) is 0 Å². The fourth-order valence-electron chi connectivity index (χ4n) is 3.63. The SMILES string of the molecule is CN(C(=O)c1ccc(Br)cc1)C1CCCC(S)C1N1CCC1. The number of hydrogen-bond donors (Lipinski definition) is 1. The average Bonchev–Trinajstić information content (AvgIpc) is 2.47. The number of carbonyl (C=O) groups excluding carboxylic acids is 1. The molecule has 2 aliphatic rings. The summed E-state index contributed by atoms with van der Waals surface area (Å²) in [4.78, 5) is 17.3. The number of nitrogens with zero attached hydrogens (tertiary/aromatic N) is 2. The maximum Gasteiger partial charge on any atom is 0.253 e. The number of thiol groups is 1. The Morgan fingerprint density at radius 1 is 1.23 bits per heavy atom. The summed E-state index contributed by atoms with van der Waals surface area (Å²) in [5, 5.41) is 0.374. The van der Waals surface area contributed by atoms with E-state index in [1.165, 1.54) is 6.42 Å². The molecule has 5 heteroatoms. The minimum atomic E-state index is 0.116. The molecule has 22 heavy (non-hydrogen) atoms. The molecule has 1 aliphatic carbocycles. The molecule has 1 amide bonds. The smallest absolute Gasteiger partial charge is 0.253 e. The Morgan fingerprint density at radius 2 is 1.91 bits per heavy atom. The van der Waals surface area contributed by atoms with Crippen LogP contribution in [0, 0.1) is 0 Å². The first-order valence-corrected chi connectivity index (χ1v) is 9.33. The van der Waals surface area contributed by atoms with Crippen molar-refractivity contribution >= 4 is 34.5 Å². The maximum absolute atomic E-state index is 12.8. The standard InChI is InChI=1S/C17H23BrN2OS/c1-19(17(21)12-6-8-13(18)9-7-12)14-4-2-5-15(22)16(14)20-10-3-11-20/h6-9,14-16,22H,2-5,10-11H2,1H3. The molecule has 0 bridgehead atoms. The van der Waals surface area contributed by atoms with Gasteiger partial charge in [-0.05, 0) is 56.6 Å². The Hall–Kier alpha value is -0.520. The van der Waals surface area contributed by atoms with E-state index in [-0.39, 0.29) is 11.9 Å². The van der Waals surface area contributed by atoms with Gasteiger partial charge in [-0.2, -0.15) is 12.6 Å². The molecule has 3 unspecified atom stereocenters. The highest BCUT2D eigenvalue weighted by molar-refractivity contribution is 9.10. The Kier molecular flexibility index (Phi) is 5.15. The minimum absolute atomic E-state index is 0.116. The van der Waals surface area contributed by atoms with Gasteiger partial charge in [0.1, 0.15) is 0 Å². The van der Waals surface area contributed by atoms with Crippen molar-refractivity contribution in [2.75, 3.05) is 20.1 Å². The van der Waals surface area contributed by atoms with Gasteiger partial charge in [0.2, 0.25) is 0 Å². The summed E-state index contributed by atoms with van der Waals surface area (Å²) in [6, 6.07) is 8.31. The van der Waals surface area contributed by atoms with Crippen LogP contribution in [0.1, 0.15) is 36.0 Å². The average molecular weight is 383 g/mol. The van der Waals surface area contributed by atoms with E-state index in [9.17, 15) is 4.79 Å². The van der Waals surface area contributed by atoms with E-state index >= 15 is 0 Å². The van der Waals surface area contributed by atoms with E-state index in [0.29, 0.717) is 11.3 Å². The van der Waals surface area contributed by atoms with Crippen LogP contribution in [0.25, 0.3) is 0 Å². The number of amides is 1.